The Bertz CT molecular complexity index is 1710. The van der Waals surface area contributed by atoms with Crippen molar-refractivity contribution in [2.75, 3.05) is 6.61 Å². The predicted octanol–water partition coefficient (Wildman–Crippen LogP) is 4.52. The lowest BCUT2D eigenvalue weighted by Crippen LogP contribution is -2.39. The van der Waals surface area contributed by atoms with Gasteiger partial charge in [-0.05, 0) is 49.2 Å². The molecule has 1 aliphatic heterocycles. The number of hydrogen-bond acceptors (Lipinski definition) is 6. The summed E-state index contributed by atoms with van der Waals surface area (Å²) >= 11 is 1.26. The minimum Gasteiger partial charge on any atom is -0.489 e. The molecule has 38 heavy (non-hydrogen) atoms. The molecule has 1 aliphatic rings. The van der Waals surface area contributed by atoms with Gasteiger partial charge in [-0.1, -0.05) is 72.0 Å². The van der Waals surface area contributed by atoms with Crippen molar-refractivity contribution in [2.24, 2.45) is 4.99 Å². The van der Waals surface area contributed by atoms with Gasteiger partial charge in [0.25, 0.3) is 5.56 Å². The van der Waals surface area contributed by atoms with Crippen molar-refractivity contribution in [1.82, 2.24) is 4.57 Å². The normalized spacial score (nSPS) is 15.1. The van der Waals surface area contributed by atoms with Crippen molar-refractivity contribution in [3.8, 4) is 5.75 Å². The fraction of sp³-hybridized carbons (Fsp3) is 0.167. The second kappa shape index (κ2) is 11.0. The average Bonchev–Trinajstić information content (AvgIpc) is 3.22. The summed E-state index contributed by atoms with van der Waals surface area (Å²) in [4.78, 5) is 31.7. The Balaban J connectivity index is 1.54. The molecule has 8 heteroatoms. The van der Waals surface area contributed by atoms with E-state index in [4.69, 9.17) is 9.47 Å². The molecule has 0 saturated carbocycles. The lowest BCUT2D eigenvalue weighted by molar-refractivity contribution is -0.139. The van der Waals surface area contributed by atoms with Crippen LogP contribution in [0.25, 0.3) is 6.08 Å². The number of carbonyl (C=O) groups excluding carboxylic acids is 1. The number of nitrogens with zero attached hydrogens (tertiary/aromatic N) is 2. The molecule has 0 saturated heterocycles. The molecule has 192 valence electrons. The van der Waals surface area contributed by atoms with E-state index in [2.05, 4.69) is 4.99 Å². The van der Waals surface area contributed by atoms with E-state index in [1.165, 1.54) is 17.4 Å². The van der Waals surface area contributed by atoms with Gasteiger partial charge >= 0.3 is 5.97 Å². The number of halogens is 1. The standard InChI is InChI=1S/C30H25FN2O4S/c1-3-36-29(35)26-19(2)32-30-33(27(26)21-11-5-4-6-12-21)28(34)25(38-30)17-20-10-9-14-23(16-20)37-18-22-13-7-8-15-24(22)31/h4-17,27H,3,18H2,1-2H3/b25-17+/t27-/m1/s1. The van der Waals surface area contributed by atoms with E-state index < -0.39 is 12.0 Å². The summed E-state index contributed by atoms with van der Waals surface area (Å²) in [6.07, 6.45) is 1.77. The van der Waals surface area contributed by atoms with Gasteiger partial charge in [0, 0.05) is 5.56 Å². The van der Waals surface area contributed by atoms with Gasteiger partial charge in [-0.15, -0.1) is 0 Å². The van der Waals surface area contributed by atoms with E-state index >= 15 is 0 Å². The number of aromatic nitrogens is 1. The van der Waals surface area contributed by atoms with Crippen LogP contribution in [0, 0.1) is 5.82 Å². The quantitative estimate of drug-likeness (QED) is 0.331. The van der Waals surface area contributed by atoms with Crippen LogP contribution < -0.4 is 19.6 Å². The Morgan fingerprint density at radius 3 is 2.61 bits per heavy atom. The highest BCUT2D eigenvalue weighted by molar-refractivity contribution is 7.07. The predicted molar refractivity (Wildman–Crippen MR) is 144 cm³/mol. The number of carbonyl (C=O) groups is 1. The minimum absolute atomic E-state index is 0.0886. The average molecular weight is 529 g/mol. The molecular formula is C30H25FN2O4S. The highest BCUT2D eigenvalue weighted by Crippen LogP contribution is 2.30. The van der Waals surface area contributed by atoms with Crippen molar-refractivity contribution in [3.63, 3.8) is 0 Å². The second-order valence-corrected chi connectivity index (χ2v) is 9.67. The van der Waals surface area contributed by atoms with Crippen LogP contribution in [-0.2, 0) is 16.1 Å². The molecule has 2 heterocycles. The first kappa shape index (κ1) is 25.4. The van der Waals surface area contributed by atoms with Crippen molar-refractivity contribution < 1.29 is 18.7 Å². The highest BCUT2D eigenvalue weighted by atomic mass is 32.1. The van der Waals surface area contributed by atoms with E-state index in [0.717, 1.165) is 11.1 Å². The molecular weight excluding hydrogens is 503 g/mol. The molecule has 0 unspecified atom stereocenters. The van der Waals surface area contributed by atoms with Gasteiger partial charge < -0.3 is 9.47 Å². The molecule has 0 N–H and O–H groups in total. The Hall–Kier alpha value is -4.30. The minimum atomic E-state index is -0.649. The molecule has 1 aromatic heterocycles. The summed E-state index contributed by atoms with van der Waals surface area (Å²) in [5.41, 5.74) is 2.61. The Kier molecular flexibility index (Phi) is 7.33. The van der Waals surface area contributed by atoms with Crippen LogP contribution in [0.3, 0.4) is 0 Å². The van der Waals surface area contributed by atoms with E-state index in [1.807, 2.05) is 42.5 Å². The second-order valence-electron chi connectivity index (χ2n) is 8.67. The van der Waals surface area contributed by atoms with Crippen LogP contribution in [0.15, 0.2) is 99.9 Å². The van der Waals surface area contributed by atoms with Crippen molar-refractivity contribution in [2.45, 2.75) is 26.5 Å². The van der Waals surface area contributed by atoms with Crippen LogP contribution in [0.1, 0.15) is 36.6 Å². The fourth-order valence-corrected chi connectivity index (χ4v) is 5.41. The van der Waals surface area contributed by atoms with Crippen molar-refractivity contribution >= 4 is 23.4 Å². The number of ether oxygens (including phenoxy) is 2. The molecule has 5 rings (SSSR count). The summed E-state index contributed by atoms with van der Waals surface area (Å²) in [5, 5.41) is 0. The SMILES string of the molecule is CCOC(=O)C1=C(C)N=c2s/c(=C/c3cccc(OCc4ccccc4F)c3)c(=O)n2[C@@H]1c1ccccc1. The Labute approximate surface area is 222 Å². The molecule has 0 spiro atoms. The molecule has 0 fully saturated rings. The maximum Gasteiger partial charge on any atom is 0.338 e. The third kappa shape index (κ3) is 5.08. The third-order valence-corrected chi connectivity index (χ3v) is 7.12. The molecule has 4 aromatic rings. The molecule has 0 amide bonds. The first-order valence-corrected chi connectivity index (χ1v) is 13.0. The summed E-state index contributed by atoms with van der Waals surface area (Å²) in [6.45, 7) is 3.81. The van der Waals surface area contributed by atoms with Crippen LogP contribution in [0.2, 0.25) is 0 Å². The summed E-state index contributed by atoms with van der Waals surface area (Å²) in [6, 6.07) is 22.5. The van der Waals surface area contributed by atoms with Crippen LogP contribution in [0.5, 0.6) is 5.75 Å². The number of benzene rings is 3. The molecule has 0 radical (unpaired) electrons. The number of esters is 1. The zero-order valence-corrected chi connectivity index (χ0v) is 21.7. The van der Waals surface area contributed by atoms with Gasteiger partial charge in [-0.2, -0.15) is 0 Å². The molecule has 0 aliphatic carbocycles. The molecule has 0 bridgehead atoms. The van der Waals surface area contributed by atoms with E-state index in [0.29, 0.717) is 31.9 Å². The maximum absolute atomic E-state index is 14.0. The number of hydrogen-bond donors (Lipinski definition) is 0. The zero-order chi connectivity index (χ0) is 26.6. The summed E-state index contributed by atoms with van der Waals surface area (Å²) in [7, 11) is 0. The maximum atomic E-state index is 14.0. The van der Waals surface area contributed by atoms with E-state index in [-0.39, 0.29) is 24.6 Å². The molecule has 6 nitrogen and oxygen atoms in total. The van der Waals surface area contributed by atoms with Crippen LogP contribution >= 0.6 is 11.3 Å². The smallest absolute Gasteiger partial charge is 0.338 e. The molecule has 3 aromatic carbocycles. The Morgan fingerprint density at radius 2 is 1.84 bits per heavy atom. The van der Waals surface area contributed by atoms with Crippen molar-refractivity contribution in [1.29, 1.82) is 0 Å². The topological polar surface area (TPSA) is 69.9 Å². The van der Waals surface area contributed by atoms with Crippen LogP contribution in [-0.4, -0.2) is 17.1 Å². The zero-order valence-electron chi connectivity index (χ0n) is 20.9. The first-order valence-electron chi connectivity index (χ1n) is 12.2. The van der Waals surface area contributed by atoms with Crippen LogP contribution in [0.4, 0.5) is 4.39 Å². The third-order valence-electron chi connectivity index (χ3n) is 6.14. The monoisotopic (exact) mass is 528 g/mol. The van der Waals surface area contributed by atoms with Gasteiger partial charge in [0.05, 0.1) is 28.5 Å². The molecule has 1 atom stereocenters. The largest absolute Gasteiger partial charge is 0.489 e. The number of rotatable bonds is 7. The van der Waals surface area contributed by atoms with Gasteiger partial charge in [-0.25, -0.2) is 14.2 Å². The summed E-state index contributed by atoms with van der Waals surface area (Å²) < 4.78 is 27.1. The van der Waals surface area contributed by atoms with Gasteiger partial charge in [0.1, 0.15) is 18.2 Å². The van der Waals surface area contributed by atoms with Gasteiger partial charge in [0.2, 0.25) is 0 Å². The Morgan fingerprint density at radius 1 is 1.08 bits per heavy atom. The first-order chi connectivity index (χ1) is 18.5. The van der Waals surface area contributed by atoms with Gasteiger partial charge in [0.15, 0.2) is 4.80 Å². The lowest BCUT2D eigenvalue weighted by Gasteiger charge is -2.24. The van der Waals surface area contributed by atoms with Gasteiger partial charge in [-0.3, -0.25) is 9.36 Å². The summed E-state index contributed by atoms with van der Waals surface area (Å²) in [5.74, 6) is -0.260. The van der Waals surface area contributed by atoms with Crippen molar-refractivity contribution in [3.05, 3.63) is 132 Å². The number of allylic oxidation sites excluding steroid dienone is 1. The highest BCUT2D eigenvalue weighted by Gasteiger charge is 2.33. The number of thiazole rings is 1. The van der Waals surface area contributed by atoms with E-state index in [1.54, 1.807) is 54.8 Å². The number of fused-ring (bicyclic) bond motifs is 1. The lowest BCUT2D eigenvalue weighted by atomic mass is 9.96. The fourth-order valence-electron chi connectivity index (χ4n) is 4.36. The van der Waals surface area contributed by atoms with E-state index in [9.17, 15) is 14.0 Å².